The average molecular weight is 274 g/mol. The van der Waals surface area contributed by atoms with Crippen LogP contribution < -0.4 is 5.32 Å². The van der Waals surface area contributed by atoms with Crippen molar-refractivity contribution in [3.05, 3.63) is 0 Å². The molecule has 1 rings (SSSR count). The minimum Gasteiger partial charge on any atom is -0.480 e. The van der Waals surface area contributed by atoms with Gasteiger partial charge in [0.25, 0.3) is 0 Å². The van der Waals surface area contributed by atoms with Gasteiger partial charge in [-0.2, -0.15) is 11.8 Å². The van der Waals surface area contributed by atoms with Gasteiger partial charge >= 0.3 is 12.0 Å². The van der Waals surface area contributed by atoms with Crippen LogP contribution in [-0.4, -0.2) is 53.1 Å². The van der Waals surface area contributed by atoms with E-state index in [4.69, 9.17) is 5.11 Å². The molecule has 104 valence electrons. The van der Waals surface area contributed by atoms with Gasteiger partial charge < -0.3 is 15.3 Å². The third-order valence-electron chi connectivity index (χ3n) is 3.05. The number of thioether (sulfide) groups is 1. The maximum absolute atomic E-state index is 12.0. The number of carboxylic acids is 1. The third-order valence-corrected chi connectivity index (χ3v) is 3.69. The van der Waals surface area contributed by atoms with Gasteiger partial charge in [-0.3, -0.25) is 0 Å². The summed E-state index contributed by atoms with van der Waals surface area (Å²) in [6.45, 7) is 3.29. The van der Waals surface area contributed by atoms with Crippen molar-refractivity contribution >= 4 is 23.8 Å². The smallest absolute Gasteiger partial charge is 0.326 e. The average Bonchev–Trinajstić information content (AvgIpc) is 3.14. The topological polar surface area (TPSA) is 69.6 Å². The first-order valence-corrected chi connectivity index (χ1v) is 7.75. The Balaban J connectivity index is 2.43. The standard InChI is InChI=1S/C12H22N2O3S/c1-3-14(8-9-4-5-9)12(17)13-10(11(15)16)6-7-18-2/h9-10H,3-8H2,1-2H3,(H,13,17)(H,15,16)/t10-/m0/s1. The van der Waals surface area contributed by atoms with Gasteiger partial charge in [-0.15, -0.1) is 0 Å². The lowest BCUT2D eigenvalue weighted by Gasteiger charge is -2.23. The zero-order valence-corrected chi connectivity index (χ0v) is 11.8. The molecule has 1 saturated carbocycles. The molecule has 0 unspecified atom stereocenters. The van der Waals surface area contributed by atoms with Gasteiger partial charge in [0.1, 0.15) is 6.04 Å². The van der Waals surface area contributed by atoms with Crippen LogP contribution in [0.2, 0.25) is 0 Å². The number of amides is 2. The molecular formula is C12H22N2O3S. The molecule has 2 amide bonds. The van der Waals surface area contributed by atoms with Crippen LogP contribution in [0, 0.1) is 5.92 Å². The van der Waals surface area contributed by atoms with E-state index in [9.17, 15) is 9.59 Å². The van der Waals surface area contributed by atoms with E-state index >= 15 is 0 Å². The van der Waals surface area contributed by atoms with E-state index in [1.165, 1.54) is 12.8 Å². The predicted octanol–water partition coefficient (Wildman–Crippen LogP) is 1.63. The molecule has 0 aromatic rings. The van der Waals surface area contributed by atoms with Gasteiger partial charge in [-0.05, 0) is 44.1 Å². The number of hydrogen-bond acceptors (Lipinski definition) is 3. The molecule has 6 heteroatoms. The highest BCUT2D eigenvalue weighted by molar-refractivity contribution is 7.98. The number of carbonyl (C=O) groups excluding carboxylic acids is 1. The first kappa shape index (κ1) is 15.1. The van der Waals surface area contributed by atoms with Crippen molar-refractivity contribution in [2.45, 2.75) is 32.2 Å². The number of urea groups is 1. The molecule has 18 heavy (non-hydrogen) atoms. The van der Waals surface area contributed by atoms with Crippen molar-refractivity contribution in [1.82, 2.24) is 10.2 Å². The molecule has 5 nitrogen and oxygen atoms in total. The zero-order chi connectivity index (χ0) is 13.5. The third kappa shape index (κ3) is 5.16. The largest absolute Gasteiger partial charge is 0.480 e. The predicted molar refractivity (Wildman–Crippen MR) is 72.9 cm³/mol. The Hall–Kier alpha value is -0.910. The van der Waals surface area contributed by atoms with Gasteiger partial charge in [0.2, 0.25) is 0 Å². The molecule has 1 aliphatic rings. The Morgan fingerprint density at radius 3 is 2.61 bits per heavy atom. The molecule has 0 radical (unpaired) electrons. The Kier molecular flexibility index (Phi) is 6.32. The molecule has 0 saturated heterocycles. The maximum atomic E-state index is 12.0. The SMILES string of the molecule is CCN(CC1CC1)C(=O)N[C@@H](CCSC)C(=O)O. The van der Waals surface area contributed by atoms with Crippen LogP contribution in [0.1, 0.15) is 26.2 Å². The molecule has 2 N–H and O–H groups in total. The summed E-state index contributed by atoms with van der Waals surface area (Å²) in [5.74, 6) is 0.386. The quantitative estimate of drug-likeness (QED) is 0.706. The number of carboxylic acid groups (broad SMARTS) is 1. The van der Waals surface area contributed by atoms with E-state index in [0.29, 0.717) is 18.9 Å². The Morgan fingerprint density at radius 1 is 1.50 bits per heavy atom. The van der Waals surface area contributed by atoms with Crippen LogP contribution in [0.25, 0.3) is 0 Å². The highest BCUT2D eigenvalue weighted by Crippen LogP contribution is 2.29. The molecule has 0 aliphatic heterocycles. The summed E-state index contributed by atoms with van der Waals surface area (Å²) in [5.41, 5.74) is 0. The summed E-state index contributed by atoms with van der Waals surface area (Å²) in [6, 6.07) is -1.03. The molecule has 0 bridgehead atoms. The molecule has 0 spiro atoms. The van der Waals surface area contributed by atoms with Gasteiger partial charge in [0.15, 0.2) is 0 Å². The summed E-state index contributed by atoms with van der Waals surface area (Å²) >= 11 is 1.58. The van der Waals surface area contributed by atoms with E-state index in [-0.39, 0.29) is 6.03 Å². The number of nitrogens with zero attached hydrogens (tertiary/aromatic N) is 1. The highest BCUT2D eigenvalue weighted by Gasteiger charge is 2.28. The second-order valence-electron chi connectivity index (χ2n) is 4.60. The lowest BCUT2D eigenvalue weighted by molar-refractivity contribution is -0.139. The summed E-state index contributed by atoms with van der Waals surface area (Å²) in [5, 5.41) is 11.7. The Morgan fingerprint density at radius 2 is 2.17 bits per heavy atom. The van der Waals surface area contributed by atoms with E-state index < -0.39 is 12.0 Å². The van der Waals surface area contributed by atoms with Gasteiger partial charge in [0.05, 0.1) is 0 Å². The number of hydrogen-bond donors (Lipinski definition) is 2. The lowest BCUT2D eigenvalue weighted by atomic mass is 10.2. The number of rotatable bonds is 8. The van der Waals surface area contributed by atoms with E-state index in [2.05, 4.69) is 5.32 Å². The molecule has 0 heterocycles. The number of aliphatic carboxylic acids is 1. The van der Waals surface area contributed by atoms with Crippen LogP contribution >= 0.6 is 11.8 Å². The Bertz CT molecular complexity index is 295. The molecular weight excluding hydrogens is 252 g/mol. The van der Waals surface area contributed by atoms with Gasteiger partial charge in [0, 0.05) is 13.1 Å². The summed E-state index contributed by atoms with van der Waals surface area (Å²) in [4.78, 5) is 24.7. The van der Waals surface area contributed by atoms with Crippen molar-refractivity contribution in [1.29, 1.82) is 0 Å². The van der Waals surface area contributed by atoms with Gasteiger partial charge in [-0.25, -0.2) is 9.59 Å². The van der Waals surface area contributed by atoms with Crippen LogP contribution in [-0.2, 0) is 4.79 Å². The summed E-state index contributed by atoms with van der Waals surface area (Å²) < 4.78 is 0. The highest BCUT2D eigenvalue weighted by atomic mass is 32.2. The van der Waals surface area contributed by atoms with E-state index in [1.807, 2.05) is 13.2 Å². The second-order valence-corrected chi connectivity index (χ2v) is 5.59. The fourth-order valence-electron chi connectivity index (χ4n) is 1.70. The van der Waals surface area contributed by atoms with Crippen molar-refractivity contribution < 1.29 is 14.7 Å². The molecule has 1 fully saturated rings. The second kappa shape index (κ2) is 7.51. The minimum absolute atomic E-state index is 0.252. The minimum atomic E-state index is -0.958. The molecule has 1 atom stereocenters. The molecule has 1 aliphatic carbocycles. The summed E-state index contributed by atoms with van der Waals surface area (Å²) in [6.07, 6.45) is 4.74. The van der Waals surface area contributed by atoms with Crippen LogP contribution in [0.4, 0.5) is 4.79 Å². The first-order valence-electron chi connectivity index (χ1n) is 6.35. The monoisotopic (exact) mass is 274 g/mol. The van der Waals surface area contributed by atoms with E-state index in [1.54, 1.807) is 16.7 Å². The van der Waals surface area contributed by atoms with Crippen LogP contribution in [0.5, 0.6) is 0 Å². The summed E-state index contributed by atoms with van der Waals surface area (Å²) in [7, 11) is 0. The normalized spacial score (nSPS) is 16.1. The molecule has 0 aromatic heterocycles. The number of carbonyl (C=O) groups is 2. The van der Waals surface area contributed by atoms with Crippen LogP contribution in [0.3, 0.4) is 0 Å². The van der Waals surface area contributed by atoms with E-state index in [0.717, 1.165) is 12.3 Å². The number of nitrogens with one attached hydrogen (secondary N) is 1. The molecule has 0 aromatic carbocycles. The van der Waals surface area contributed by atoms with Crippen molar-refractivity contribution in [2.75, 3.05) is 25.1 Å². The van der Waals surface area contributed by atoms with Crippen LogP contribution in [0.15, 0.2) is 0 Å². The van der Waals surface area contributed by atoms with Crippen molar-refractivity contribution in [3.8, 4) is 0 Å². The zero-order valence-electron chi connectivity index (χ0n) is 11.0. The fourth-order valence-corrected chi connectivity index (χ4v) is 2.17. The Labute approximate surface area is 112 Å². The first-order chi connectivity index (χ1) is 8.58. The fraction of sp³-hybridized carbons (Fsp3) is 0.833. The lowest BCUT2D eigenvalue weighted by Crippen LogP contribution is -2.48. The van der Waals surface area contributed by atoms with Gasteiger partial charge in [-0.1, -0.05) is 0 Å². The maximum Gasteiger partial charge on any atom is 0.326 e. The van der Waals surface area contributed by atoms with Crippen molar-refractivity contribution in [2.24, 2.45) is 5.92 Å². The van der Waals surface area contributed by atoms with Crippen molar-refractivity contribution in [3.63, 3.8) is 0 Å².